The highest BCUT2D eigenvalue weighted by Gasteiger charge is 2.40. The number of aromatic nitrogens is 1. The van der Waals surface area contributed by atoms with Gasteiger partial charge in [-0.05, 0) is 31.0 Å². The molecule has 0 saturated carbocycles. The van der Waals surface area contributed by atoms with Gasteiger partial charge < -0.3 is 0 Å². The molecule has 1 aromatic carbocycles. The lowest BCUT2D eigenvalue weighted by Gasteiger charge is -2.14. The summed E-state index contributed by atoms with van der Waals surface area (Å²) in [6.45, 7) is -0.368. The molecule has 1 aliphatic heterocycles. The summed E-state index contributed by atoms with van der Waals surface area (Å²) in [6.07, 6.45) is 2.79. The van der Waals surface area contributed by atoms with Crippen molar-refractivity contribution in [3.63, 3.8) is 0 Å². The summed E-state index contributed by atoms with van der Waals surface area (Å²) in [4.78, 5) is 25.5. The van der Waals surface area contributed by atoms with Crippen molar-refractivity contribution < 1.29 is 30.7 Å². The number of sulfonamides is 1. The number of amides is 1. The van der Waals surface area contributed by atoms with E-state index in [4.69, 9.17) is 4.18 Å². The second kappa shape index (κ2) is 7.85. The molecule has 13 heteroatoms. The Morgan fingerprint density at radius 3 is 2.45 bits per heavy atom. The standard InChI is InChI=1S/C16H15N3O8S2/c20-16-14-7-8-17-11-15(14)28(23,24)18(16)9-1-2-10-27-29(25,26)13-5-3-12(4-6-13)19(21)22/h3-8,11H,1-2,9-10H2. The Morgan fingerprint density at radius 2 is 1.83 bits per heavy atom. The third kappa shape index (κ3) is 4.11. The fraction of sp³-hybridized carbons (Fsp3) is 0.250. The SMILES string of the molecule is O=C1c2ccncc2S(=O)(=O)N1CCCCOS(=O)(=O)c1ccc([N+](=O)[O-])cc1. The van der Waals surface area contributed by atoms with Gasteiger partial charge in [0.1, 0.15) is 4.90 Å². The van der Waals surface area contributed by atoms with Crippen LogP contribution in [-0.2, 0) is 24.3 Å². The van der Waals surface area contributed by atoms with Crippen LogP contribution >= 0.6 is 0 Å². The van der Waals surface area contributed by atoms with Gasteiger partial charge in [0, 0.05) is 31.1 Å². The fourth-order valence-corrected chi connectivity index (χ4v) is 5.17. The first kappa shape index (κ1) is 20.8. The van der Waals surface area contributed by atoms with Gasteiger partial charge in [0.25, 0.3) is 31.7 Å². The number of unbranched alkanes of at least 4 members (excludes halogenated alkanes) is 1. The van der Waals surface area contributed by atoms with Crippen molar-refractivity contribution in [2.75, 3.05) is 13.2 Å². The van der Waals surface area contributed by atoms with Gasteiger partial charge in [-0.2, -0.15) is 8.42 Å². The maximum absolute atomic E-state index is 12.4. The quantitative estimate of drug-likeness (QED) is 0.255. The molecule has 0 saturated heterocycles. The van der Waals surface area contributed by atoms with Crippen LogP contribution in [0.4, 0.5) is 5.69 Å². The van der Waals surface area contributed by atoms with E-state index in [-0.39, 0.29) is 47.0 Å². The normalized spacial score (nSPS) is 15.3. The third-order valence-electron chi connectivity index (χ3n) is 4.14. The molecule has 3 rings (SSSR count). The molecule has 0 N–H and O–H groups in total. The Bertz CT molecular complexity index is 1160. The Balaban J connectivity index is 1.54. The van der Waals surface area contributed by atoms with Gasteiger partial charge in [-0.1, -0.05) is 0 Å². The van der Waals surface area contributed by atoms with Crippen LogP contribution in [0, 0.1) is 10.1 Å². The first-order chi connectivity index (χ1) is 13.6. The van der Waals surface area contributed by atoms with Gasteiger partial charge in [0.2, 0.25) is 0 Å². The van der Waals surface area contributed by atoms with Gasteiger partial charge >= 0.3 is 0 Å². The van der Waals surface area contributed by atoms with Crippen molar-refractivity contribution >= 4 is 31.7 Å². The van der Waals surface area contributed by atoms with Crippen LogP contribution in [0.2, 0.25) is 0 Å². The minimum atomic E-state index is -4.11. The molecule has 0 spiro atoms. The van der Waals surface area contributed by atoms with Crippen molar-refractivity contribution in [1.29, 1.82) is 0 Å². The number of nitro groups is 1. The smallest absolute Gasteiger partial charge is 0.268 e. The van der Waals surface area contributed by atoms with E-state index >= 15 is 0 Å². The first-order valence-electron chi connectivity index (χ1n) is 8.29. The van der Waals surface area contributed by atoms with Crippen LogP contribution in [0.5, 0.6) is 0 Å². The minimum Gasteiger partial charge on any atom is -0.268 e. The minimum absolute atomic E-state index is 0.0528. The maximum Gasteiger partial charge on any atom is 0.296 e. The number of hydrogen-bond donors (Lipinski definition) is 0. The molecule has 0 radical (unpaired) electrons. The summed E-state index contributed by atoms with van der Waals surface area (Å²) in [5, 5.41) is 10.6. The molecule has 1 aromatic heterocycles. The van der Waals surface area contributed by atoms with E-state index < -0.39 is 31.0 Å². The van der Waals surface area contributed by atoms with Gasteiger partial charge in [-0.25, -0.2) is 12.7 Å². The fourth-order valence-electron chi connectivity index (χ4n) is 2.67. The Morgan fingerprint density at radius 1 is 1.14 bits per heavy atom. The van der Waals surface area contributed by atoms with Crippen molar-refractivity contribution in [2.24, 2.45) is 0 Å². The number of pyridine rings is 1. The number of benzene rings is 1. The highest BCUT2D eigenvalue weighted by atomic mass is 32.2. The lowest BCUT2D eigenvalue weighted by Crippen LogP contribution is -2.31. The van der Waals surface area contributed by atoms with Crippen LogP contribution in [0.25, 0.3) is 0 Å². The van der Waals surface area contributed by atoms with Crippen LogP contribution in [0.3, 0.4) is 0 Å². The molecule has 2 aromatic rings. The van der Waals surface area contributed by atoms with Gasteiger partial charge in [0.15, 0.2) is 0 Å². The maximum atomic E-state index is 12.4. The monoisotopic (exact) mass is 441 g/mol. The summed E-state index contributed by atoms with van der Waals surface area (Å²) in [5.74, 6) is -0.651. The lowest BCUT2D eigenvalue weighted by molar-refractivity contribution is -0.384. The van der Waals surface area contributed by atoms with Crippen molar-refractivity contribution in [3.05, 3.63) is 58.4 Å². The van der Waals surface area contributed by atoms with Crippen LogP contribution < -0.4 is 0 Å². The molecule has 0 fully saturated rings. The predicted octanol–water partition coefficient (Wildman–Crippen LogP) is 1.32. The van der Waals surface area contributed by atoms with Crippen LogP contribution in [-0.4, -0.2) is 50.1 Å². The molecule has 0 bridgehead atoms. The van der Waals surface area contributed by atoms with Gasteiger partial charge in [-0.15, -0.1) is 0 Å². The lowest BCUT2D eigenvalue weighted by atomic mass is 10.2. The molecule has 0 aliphatic carbocycles. The molecule has 0 atom stereocenters. The van der Waals surface area contributed by atoms with E-state index in [1.807, 2.05) is 0 Å². The van der Waals surface area contributed by atoms with Gasteiger partial charge in [0.05, 0.1) is 22.0 Å². The molecular formula is C16H15N3O8S2. The summed E-state index contributed by atoms with van der Waals surface area (Å²) in [5.41, 5.74) is -0.200. The number of fused-ring (bicyclic) bond motifs is 1. The number of carbonyl (C=O) groups is 1. The van der Waals surface area contributed by atoms with E-state index in [1.165, 1.54) is 12.3 Å². The third-order valence-corrected chi connectivity index (χ3v) is 7.28. The Labute approximate surface area is 166 Å². The zero-order chi connectivity index (χ0) is 21.2. The van der Waals surface area contributed by atoms with E-state index in [9.17, 15) is 31.7 Å². The average molecular weight is 441 g/mol. The number of rotatable bonds is 8. The van der Waals surface area contributed by atoms with Gasteiger partial charge in [-0.3, -0.25) is 24.1 Å². The molecule has 29 heavy (non-hydrogen) atoms. The van der Waals surface area contributed by atoms with Crippen molar-refractivity contribution in [1.82, 2.24) is 9.29 Å². The van der Waals surface area contributed by atoms with E-state index in [2.05, 4.69) is 4.98 Å². The molecule has 0 unspecified atom stereocenters. The topological polar surface area (TPSA) is 154 Å². The largest absolute Gasteiger partial charge is 0.296 e. The second-order valence-corrected chi connectivity index (χ2v) is 9.43. The zero-order valence-corrected chi connectivity index (χ0v) is 16.4. The summed E-state index contributed by atoms with van der Waals surface area (Å²) < 4.78 is 54.5. The van der Waals surface area contributed by atoms with E-state index in [1.54, 1.807) is 0 Å². The molecule has 11 nitrogen and oxygen atoms in total. The molecule has 1 aliphatic rings. The number of non-ortho nitro benzene ring substituents is 1. The number of nitro benzene ring substituents is 1. The second-order valence-electron chi connectivity index (χ2n) is 5.99. The average Bonchev–Trinajstić information content (AvgIpc) is 2.88. The Kier molecular flexibility index (Phi) is 5.64. The number of hydrogen-bond acceptors (Lipinski definition) is 9. The van der Waals surface area contributed by atoms with Crippen LogP contribution in [0.1, 0.15) is 23.2 Å². The Hall–Kier alpha value is -2.90. The molecule has 2 heterocycles. The molecule has 154 valence electrons. The summed E-state index contributed by atoms with van der Waals surface area (Å²) in [6, 6.07) is 5.55. The van der Waals surface area contributed by atoms with Crippen LogP contribution in [0.15, 0.2) is 52.5 Å². The highest BCUT2D eigenvalue weighted by molar-refractivity contribution is 7.90. The van der Waals surface area contributed by atoms with Crippen molar-refractivity contribution in [2.45, 2.75) is 22.6 Å². The predicted molar refractivity (Wildman–Crippen MR) is 97.9 cm³/mol. The molecular weight excluding hydrogens is 426 g/mol. The number of nitrogens with zero attached hydrogens (tertiary/aromatic N) is 3. The van der Waals surface area contributed by atoms with E-state index in [0.29, 0.717) is 0 Å². The molecule has 1 amide bonds. The zero-order valence-electron chi connectivity index (χ0n) is 14.8. The van der Waals surface area contributed by atoms with E-state index in [0.717, 1.165) is 34.8 Å². The highest BCUT2D eigenvalue weighted by Crippen LogP contribution is 2.29. The summed E-state index contributed by atoms with van der Waals surface area (Å²) in [7, 11) is -8.07. The van der Waals surface area contributed by atoms with Crippen molar-refractivity contribution in [3.8, 4) is 0 Å². The number of carbonyl (C=O) groups excluding carboxylic acids is 1. The summed E-state index contributed by atoms with van der Waals surface area (Å²) >= 11 is 0. The first-order valence-corrected chi connectivity index (χ1v) is 11.1.